The van der Waals surface area contributed by atoms with Crippen LogP contribution in [0.3, 0.4) is 0 Å². The number of aromatic nitrogens is 3. The largest absolute Gasteiger partial charge is 0.507 e. The molecule has 1 heterocycles. The number of aryl methyl sites for hydroxylation is 1. The minimum Gasteiger partial charge on any atom is -0.507 e. The van der Waals surface area contributed by atoms with Gasteiger partial charge in [0.15, 0.2) is 17.5 Å². The second-order valence-electron chi connectivity index (χ2n) is 6.81. The molecule has 0 spiro atoms. The predicted octanol–water partition coefficient (Wildman–Crippen LogP) is 5.20. The van der Waals surface area contributed by atoms with E-state index in [2.05, 4.69) is 9.97 Å². The Morgan fingerprint density at radius 3 is 2.03 bits per heavy atom. The second-order valence-corrected chi connectivity index (χ2v) is 6.81. The van der Waals surface area contributed by atoms with Crippen LogP contribution < -0.4 is 4.74 Å². The van der Waals surface area contributed by atoms with E-state index in [0.717, 1.165) is 28.0 Å². The lowest BCUT2D eigenvalue weighted by Gasteiger charge is -2.12. The number of hydrogen-bond acceptors (Lipinski definition) is 5. The van der Waals surface area contributed by atoms with Crippen LogP contribution >= 0.6 is 0 Å². The van der Waals surface area contributed by atoms with Crippen molar-refractivity contribution in [3.8, 4) is 45.7 Å². The standard InChI is InChI=1S/C24H21N3O2/c1-15-13-18(14-21(29-3)16(15)2)23-25-22(17-9-5-4-6-10-17)26-24(27-23)19-11-7-8-12-20(19)28/h4-14,28H,1-3H3. The summed E-state index contributed by atoms with van der Waals surface area (Å²) in [7, 11) is 1.65. The van der Waals surface area contributed by atoms with E-state index in [4.69, 9.17) is 9.72 Å². The number of phenolic OH excluding ortho intramolecular Hbond substituents is 1. The molecule has 0 saturated heterocycles. The molecule has 1 N–H and O–H groups in total. The molecule has 5 heteroatoms. The van der Waals surface area contributed by atoms with Gasteiger partial charge in [0, 0.05) is 11.1 Å². The van der Waals surface area contributed by atoms with Crippen molar-refractivity contribution in [3.05, 3.63) is 77.9 Å². The van der Waals surface area contributed by atoms with Crippen LogP contribution in [-0.2, 0) is 0 Å². The molecule has 0 atom stereocenters. The van der Waals surface area contributed by atoms with Crippen LogP contribution in [0.4, 0.5) is 0 Å². The molecule has 4 rings (SSSR count). The fourth-order valence-corrected chi connectivity index (χ4v) is 3.17. The summed E-state index contributed by atoms with van der Waals surface area (Å²) < 4.78 is 5.53. The van der Waals surface area contributed by atoms with E-state index in [-0.39, 0.29) is 5.75 Å². The van der Waals surface area contributed by atoms with Crippen molar-refractivity contribution in [2.75, 3.05) is 7.11 Å². The molecule has 0 aliphatic carbocycles. The number of para-hydroxylation sites is 1. The van der Waals surface area contributed by atoms with Crippen molar-refractivity contribution in [3.63, 3.8) is 0 Å². The molecule has 0 bridgehead atoms. The SMILES string of the molecule is COc1cc(-c2nc(-c3ccccc3)nc(-c3ccccc3O)n2)cc(C)c1C. The van der Waals surface area contributed by atoms with Gasteiger partial charge in [-0.25, -0.2) is 15.0 Å². The Hall–Kier alpha value is -3.73. The van der Waals surface area contributed by atoms with Crippen molar-refractivity contribution in [1.29, 1.82) is 0 Å². The van der Waals surface area contributed by atoms with Gasteiger partial charge in [-0.2, -0.15) is 0 Å². The Bertz CT molecular complexity index is 1170. The molecular formula is C24H21N3O2. The van der Waals surface area contributed by atoms with E-state index in [1.54, 1.807) is 25.3 Å². The van der Waals surface area contributed by atoms with Crippen molar-refractivity contribution >= 4 is 0 Å². The third-order valence-electron chi connectivity index (χ3n) is 4.91. The van der Waals surface area contributed by atoms with E-state index in [9.17, 15) is 5.11 Å². The number of hydrogen-bond donors (Lipinski definition) is 1. The Morgan fingerprint density at radius 1 is 0.724 bits per heavy atom. The average molecular weight is 383 g/mol. The normalized spacial score (nSPS) is 10.7. The van der Waals surface area contributed by atoms with Gasteiger partial charge in [-0.3, -0.25) is 0 Å². The van der Waals surface area contributed by atoms with E-state index in [1.165, 1.54) is 0 Å². The van der Waals surface area contributed by atoms with E-state index < -0.39 is 0 Å². The van der Waals surface area contributed by atoms with Crippen molar-refractivity contribution < 1.29 is 9.84 Å². The molecule has 0 aliphatic rings. The Balaban J connectivity index is 1.96. The molecule has 144 valence electrons. The van der Waals surface area contributed by atoms with E-state index in [0.29, 0.717) is 23.0 Å². The summed E-state index contributed by atoms with van der Waals surface area (Å²) in [5.74, 6) is 2.40. The first kappa shape index (κ1) is 18.6. The minimum absolute atomic E-state index is 0.126. The lowest BCUT2D eigenvalue weighted by molar-refractivity contribution is 0.411. The highest BCUT2D eigenvalue weighted by atomic mass is 16.5. The fourth-order valence-electron chi connectivity index (χ4n) is 3.17. The Morgan fingerprint density at radius 2 is 1.34 bits per heavy atom. The van der Waals surface area contributed by atoms with Gasteiger partial charge in [0.2, 0.25) is 0 Å². The third kappa shape index (κ3) is 3.67. The molecule has 3 aromatic carbocycles. The smallest absolute Gasteiger partial charge is 0.167 e. The Labute approximate surface area is 169 Å². The van der Waals surface area contributed by atoms with Crippen LogP contribution in [0.25, 0.3) is 34.2 Å². The zero-order valence-corrected chi connectivity index (χ0v) is 16.5. The lowest BCUT2D eigenvalue weighted by atomic mass is 10.0. The first-order valence-electron chi connectivity index (χ1n) is 9.32. The van der Waals surface area contributed by atoms with Gasteiger partial charge in [-0.1, -0.05) is 42.5 Å². The van der Waals surface area contributed by atoms with Gasteiger partial charge in [0.1, 0.15) is 11.5 Å². The van der Waals surface area contributed by atoms with Gasteiger partial charge < -0.3 is 9.84 Å². The van der Waals surface area contributed by atoms with Crippen molar-refractivity contribution in [2.24, 2.45) is 0 Å². The zero-order valence-electron chi connectivity index (χ0n) is 16.5. The molecule has 0 unspecified atom stereocenters. The number of phenols is 1. The van der Waals surface area contributed by atoms with E-state index in [1.807, 2.05) is 62.4 Å². The highest BCUT2D eigenvalue weighted by Crippen LogP contribution is 2.32. The molecule has 0 aliphatic heterocycles. The molecule has 4 aromatic rings. The molecule has 0 fully saturated rings. The number of rotatable bonds is 4. The maximum Gasteiger partial charge on any atom is 0.167 e. The van der Waals surface area contributed by atoms with Crippen molar-refractivity contribution in [2.45, 2.75) is 13.8 Å². The monoisotopic (exact) mass is 383 g/mol. The Kier molecular flexibility index (Phi) is 4.96. The molecule has 29 heavy (non-hydrogen) atoms. The number of nitrogens with zero attached hydrogens (tertiary/aromatic N) is 3. The van der Waals surface area contributed by atoms with Gasteiger partial charge in [0.25, 0.3) is 0 Å². The van der Waals surface area contributed by atoms with Gasteiger partial charge in [0.05, 0.1) is 12.7 Å². The maximum atomic E-state index is 10.3. The predicted molar refractivity (Wildman–Crippen MR) is 114 cm³/mol. The number of ether oxygens (including phenoxy) is 1. The van der Waals surface area contributed by atoms with Gasteiger partial charge in [-0.15, -0.1) is 0 Å². The fraction of sp³-hybridized carbons (Fsp3) is 0.125. The molecule has 0 saturated carbocycles. The van der Waals surface area contributed by atoms with Crippen LogP contribution in [0.5, 0.6) is 11.5 Å². The molecule has 0 radical (unpaired) electrons. The second kappa shape index (κ2) is 7.72. The highest BCUT2D eigenvalue weighted by molar-refractivity contribution is 5.70. The molecule has 0 amide bonds. The average Bonchev–Trinajstić information content (AvgIpc) is 2.76. The maximum absolute atomic E-state index is 10.3. The van der Waals surface area contributed by atoms with Crippen LogP contribution in [0.2, 0.25) is 0 Å². The van der Waals surface area contributed by atoms with Crippen LogP contribution in [0.1, 0.15) is 11.1 Å². The van der Waals surface area contributed by atoms with Gasteiger partial charge in [-0.05, 0) is 49.2 Å². The number of benzene rings is 3. The zero-order chi connectivity index (χ0) is 20.4. The summed E-state index contributed by atoms with van der Waals surface area (Å²) in [5, 5.41) is 10.3. The highest BCUT2D eigenvalue weighted by Gasteiger charge is 2.15. The summed E-state index contributed by atoms with van der Waals surface area (Å²) >= 11 is 0. The summed E-state index contributed by atoms with van der Waals surface area (Å²) in [5.41, 5.74) is 4.44. The first-order valence-corrected chi connectivity index (χ1v) is 9.32. The minimum atomic E-state index is 0.126. The molecule has 5 nitrogen and oxygen atoms in total. The lowest BCUT2D eigenvalue weighted by Crippen LogP contribution is -2.01. The summed E-state index contributed by atoms with van der Waals surface area (Å²) in [4.78, 5) is 14.0. The van der Waals surface area contributed by atoms with Gasteiger partial charge >= 0.3 is 0 Å². The summed E-state index contributed by atoms with van der Waals surface area (Å²) in [6.07, 6.45) is 0. The van der Waals surface area contributed by atoms with Crippen LogP contribution in [0.15, 0.2) is 66.7 Å². The third-order valence-corrected chi connectivity index (χ3v) is 4.91. The van der Waals surface area contributed by atoms with Crippen LogP contribution in [-0.4, -0.2) is 27.2 Å². The first-order chi connectivity index (χ1) is 14.1. The molecular weight excluding hydrogens is 362 g/mol. The summed E-state index contributed by atoms with van der Waals surface area (Å²) in [6, 6.07) is 20.7. The van der Waals surface area contributed by atoms with Crippen molar-refractivity contribution in [1.82, 2.24) is 15.0 Å². The topological polar surface area (TPSA) is 68.1 Å². The van der Waals surface area contributed by atoms with E-state index >= 15 is 0 Å². The quantitative estimate of drug-likeness (QED) is 0.524. The molecule has 1 aromatic heterocycles. The number of methoxy groups -OCH3 is 1. The summed E-state index contributed by atoms with van der Waals surface area (Å²) in [6.45, 7) is 4.05. The van der Waals surface area contributed by atoms with Crippen LogP contribution in [0, 0.1) is 13.8 Å². The number of aromatic hydroxyl groups is 1.